The number of para-hydroxylation sites is 3. The maximum atomic E-state index is 5.50. The highest BCUT2D eigenvalue weighted by molar-refractivity contribution is 14.0. The van der Waals surface area contributed by atoms with E-state index in [-0.39, 0.29) is 24.0 Å². The number of hydrogen-bond donors (Lipinski definition) is 2. The fourth-order valence-electron chi connectivity index (χ4n) is 3.51. The summed E-state index contributed by atoms with van der Waals surface area (Å²) in [5.41, 5.74) is 3.21. The van der Waals surface area contributed by atoms with E-state index in [9.17, 15) is 0 Å². The van der Waals surface area contributed by atoms with Crippen molar-refractivity contribution >= 4 is 41.0 Å². The van der Waals surface area contributed by atoms with Crippen molar-refractivity contribution in [2.75, 3.05) is 27.3 Å². The minimum Gasteiger partial charge on any atom is -0.493 e. The summed E-state index contributed by atoms with van der Waals surface area (Å²) in [6, 6.07) is 14.1. The monoisotopic (exact) mass is 537 g/mol. The van der Waals surface area contributed by atoms with Gasteiger partial charge in [0.25, 0.3) is 0 Å². The fraction of sp³-hybridized carbons (Fsp3) is 0.391. The van der Waals surface area contributed by atoms with E-state index in [0.717, 1.165) is 54.7 Å². The highest BCUT2D eigenvalue weighted by Crippen LogP contribution is 2.31. The van der Waals surface area contributed by atoms with Crippen molar-refractivity contribution in [3.05, 3.63) is 53.9 Å². The molecule has 0 fully saturated rings. The first-order valence-corrected chi connectivity index (χ1v) is 10.3. The molecule has 0 radical (unpaired) electrons. The number of aromatic nitrogens is 2. The van der Waals surface area contributed by atoms with Crippen LogP contribution in [0.5, 0.6) is 11.5 Å². The second-order valence-electron chi connectivity index (χ2n) is 6.93. The molecule has 3 rings (SSSR count). The molecule has 31 heavy (non-hydrogen) atoms. The summed E-state index contributed by atoms with van der Waals surface area (Å²) in [6.07, 6.45) is 0.966. The average molecular weight is 537 g/mol. The molecule has 0 amide bonds. The summed E-state index contributed by atoms with van der Waals surface area (Å²) in [5, 5.41) is 6.72. The average Bonchev–Trinajstić information content (AvgIpc) is 3.09. The third-order valence-corrected chi connectivity index (χ3v) is 4.93. The molecule has 3 aromatic rings. The molecule has 0 unspecified atom stereocenters. The number of methoxy groups -OCH3 is 2. The van der Waals surface area contributed by atoms with Gasteiger partial charge in [0.05, 0.1) is 31.8 Å². The van der Waals surface area contributed by atoms with Gasteiger partial charge in [-0.3, -0.25) is 0 Å². The van der Waals surface area contributed by atoms with Crippen molar-refractivity contribution in [3.63, 3.8) is 0 Å². The molecular weight excluding hydrogens is 505 g/mol. The Bertz CT molecular complexity index is 1000. The molecule has 0 aliphatic rings. The first-order valence-electron chi connectivity index (χ1n) is 10.3. The molecule has 0 aliphatic carbocycles. The molecule has 0 saturated heterocycles. The third-order valence-electron chi connectivity index (χ3n) is 4.93. The van der Waals surface area contributed by atoms with E-state index in [0.29, 0.717) is 12.3 Å². The summed E-state index contributed by atoms with van der Waals surface area (Å²) in [4.78, 5) is 9.34. The number of imidazole rings is 1. The van der Waals surface area contributed by atoms with Crippen LogP contribution in [0.2, 0.25) is 0 Å². The number of halogens is 1. The zero-order valence-corrected chi connectivity index (χ0v) is 21.0. The molecule has 0 saturated carbocycles. The van der Waals surface area contributed by atoms with Crippen LogP contribution >= 0.6 is 24.0 Å². The first-order chi connectivity index (χ1) is 14.7. The van der Waals surface area contributed by atoms with Crippen molar-refractivity contribution in [1.29, 1.82) is 0 Å². The van der Waals surface area contributed by atoms with Crippen LogP contribution in [0, 0.1) is 6.92 Å². The number of benzene rings is 2. The Hall–Kier alpha value is -2.49. The molecule has 0 aliphatic heterocycles. The maximum Gasteiger partial charge on any atom is 0.191 e. The number of nitrogens with zero attached hydrogens (tertiary/aromatic N) is 3. The zero-order valence-electron chi connectivity index (χ0n) is 18.6. The van der Waals surface area contributed by atoms with Crippen LogP contribution < -0.4 is 20.1 Å². The van der Waals surface area contributed by atoms with Crippen LogP contribution in [0.4, 0.5) is 0 Å². The van der Waals surface area contributed by atoms with Gasteiger partial charge in [0.1, 0.15) is 5.82 Å². The molecular formula is C23H32IN5O2. The minimum absolute atomic E-state index is 0. The third kappa shape index (κ3) is 6.25. The molecule has 0 spiro atoms. The highest BCUT2D eigenvalue weighted by Gasteiger charge is 2.09. The molecule has 7 nitrogen and oxygen atoms in total. The molecule has 0 bridgehead atoms. The largest absolute Gasteiger partial charge is 0.493 e. The molecule has 2 N–H and O–H groups in total. The van der Waals surface area contributed by atoms with Gasteiger partial charge in [0, 0.05) is 25.2 Å². The van der Waals surface area contributed by atoms with E-state index in [2.05, 4.69) is 52.2 Å². The van der Waals surface area contributed by atoms with Crippen molar-refractivity contribution in [2.45, 2.75) is 33.4 Å². The Balaban J connectivity index is 0.00000341. The van der Waals surface area contributed by atoms with E-state index < -0.39 is 0 Å². The Morgan fingerprint density at radius 2 is 1.87 bits per heavy atom. The molecule has 8 heteroatoms. The van der Waals surface area contributed by atoms with E-state index in [4.69, 9.17) is 14.5 Å². The Labute approximate surface area is 201 Å². The quantitative estimate of drug-likeness (QED) is 0.186. The molecule has 168 valence electrons. The summed E-state index contributed by atoms with van der Waals surface area (Å²) < 4.78 is 13.1. The van der Waals surface area contributed by atoms with Gasteiger partial charge in [-0.1, -0.05) is 24.3 Å². The van der Waals surface area contributed by atoms with Crippen molar-refractivity contribution in [2.24, 2.45) is 4.99 Å². The number of fused-ring (bicyclic) bond motifs is 1. The number of rotatable bonds is 9. The van der Waals surface area contributed by atoms with E-state index in [1.165, 1.54) is 5.52 Å². The van der Waals surface area contributed by atoms with E-state index in [1.807, 2.05) is 24.3 Å². The predicted octanol–water partition coefficient (Wildman–Crippen LogP) is 4.13. The number of hydrogen-bond acceptors (Lipinski definition) is 4. The van der Waals surface area contributed by atoms with Crippen molar-refractivity contribution in [1.82, 2.24) is 20.2 Å². The number of aryl methyl sites for hydroxylation is 2. The van der Waals surface area contributed by atoms with Crippen LogP contribution in [0.15, 0.2) is 47.5 Å². The van der Waals surface area contributed by atoms with Crippen LogP contribution in [-0.2, 0) is 13.1 Å². The van der Waals surface area contributed by atoms with E-state index in [1.54, 1.807) is 14.2 Å². The lowest BCUT2D eigenvalue weighted by molar-refractivity contribution is 0.352. The summed E-state index contributed by atoms with van der Waals surface area (Å²) in [5.74, 6) is 3.27. The number of nitrogens with one attached hydrogen (secondary N) is 2. The smallest absolute Gasteiger partial charge is 0.191 e. The van der Waals surface area contributed by atoms with Crippen LogP contribution in [0.25, 0.3) is 11.0 Å². The fourth-order valence-corrected chi connectivity index (χ4v) is 3.51. The predicted molar refractivity (Wildman–Crippen MR) is 137 cm³/mol. The SMILES string of the molecule is CCNC(=NCc1cccc(OC)c1OC)NCCCn1c(C)nc2ccccc21.I. The lowest BCUT2D eigenvalue weighted by Crippen LogP contribution is -2.38. The Kier molecular flexibility index (Phi) is 9.90. The Morgan fingerprint density at radius 3 is 2.61 bits per heavy atom. The number of guanidine groups is 1. The van der Waals surface area contributed by atoms with Gasteiger partial charge in [-0.25, -0.2) is 9.98 Å². The second kappa shape index (κ2) is 12.4. The standard InChI is InChI=1S/C23H31N5O2.HI/c1-5-24-23(26-16-18-10-8-13-21(29-3)22(18)30-4)25-14-9-15-28-17(2)27-19-11-6-7-12-20(19)28;/h6-8,10-13H,5,9,14-16H2,1-4H3,(H2,24,25,26);1H. The molecule has 1 heterocycles. The topological polar surface area (TPSA) is 72.7 Å². The van der Waals surface area contributed by atoms with Gasteiger partial charge in [-0.15, -0.1) is 24.0 Å². The number of aliphatic imine (C=N–C) groups is 1. The van der Waals surface area contributed by atoms with Gasteiger partial charge in [-0.05, 0) is 38.5 Å². The van der Waals surface area contributed by atoms with Gasteiger partial charge in [-0.2, -0.15) is 0 Å². The molecule has 2 aromatic carbocycles. The number of ether oxygens (including phenoxy) is 2. The lowest BCUT2D eigenvalue weighted by atomic mass is 10.2. The second-order valence-corrected chi connectivity index (χ2v) is 6.93. The normalized spacial score (nSPS) is 11.2. The van der Waals surface area contributed by atoms with Crippen LogP contribution in [-0.4, -0.2) is 42.8 Å². The zero-order chi connectivity index (χ0) is 21.3. The summed E-state index contributed by atoms with van der Waals surface area (Å²) in [7, 11) is 3.29. The van der Waals surface area contributed by atoms with E-state index >= 15 is 0 Å². The summed E-state index contributed by atoms with van der Waals surface area (Å²) >= 11 is 0. The van der Waals surface area contributed by atoms with Crippen molar-refractivity contribution in [3.8, 4) is 11.5 Å². The molecule has 1 aromatic heterocycles. The molecule has 0 atom stereocenters. The summed E-state index contributed by atoms with van der Waals surface area (Å²) in [6.45, 7) is 7.13. The minimum atomic E-state index is 0. The lowest BCUT2D eigenvalue weighted by Gasteiger charge is -2.14. The highest BCUT2D eigenvalue weighted by atomic mass is 127. The van der Waals surface area contributed by atoms with Gasteiger partial charge < -0.3 is 24.7 Å². The Morgan fingerprint density at radius 1 is 1.06 bits per heavy atom. The van der Waals surface area contributed by atoms with Crippen LogP contribution in [0.3, 0.4) is 0 Å². The van der Waals surface area contributed by atoms with Crippen molar-refractivity contribution < 1.29 is 9.47 Å². The maximum absolute atomic E-state index is 5.50. The van der Waals surface area contributed by atoms with Gasteiger partial charge >= 0.3 is 0 Å². The van der Waals surface area contributed by atoms with Gasteiger partial charge in [0.2, 0.25) is 0 Å². The van der Waals surface area contributed by atoms with Gasteiger partial charge in [0.15, 0.2) is 17.5 Å². The first kappa shape index (κ1) is 24.8. The van der Waals surface area contributed by atoms with Crippen LogP contribution in [0.1, 0.15) is 24.7 Å².